The Morgan fingerprint density at radius 3 is 2.37 bits per heavy atom. The zero-order valence-electron chi connectivity index (χ0n) is 13.6. The van der Waals surface area contributed by atoms with Gasteiger partial charge in [0, 0.05) is 12.2 Å². The summed E-state index contributed by atoms with van der Waals surface area (Å²) in [5.74, 6) is 0. The molecule has 19 heavy (non-hydrogen) atoms. The third kappa shape index (κ3) is 7.50. The summed E-state index contributed by atoms with van der Waals surface area (Å²) >= 11 is 0. The summed E-state index contributed by atoms with van der Waals surface area (Å²) in [7, 11) is 0.252. The van der Waals surface area contributed by atoms with Crippen LogP contribution >= 0.6 is 0 Å². The lowest BCUT2D eigenvalue weighted by molar-refractivity contribution is 0.298. The number of aliphatic imine (C=N–C) groups is 1. The first-order valence-corrected chi connectivity index (χ1v) is 9.76. The molecule has 0 atom stereocenters. The van der Waals surface area contributed by atoms with Crippen LogP contribution in [-0.4, -0.2) is 40.8 Å². The van der Waals surface area contributed by atoms with Crippen molar-refractivity contribution in [3.8, 4) is 0 Å². The first-order valence-electron chi connectivity index (χ1n) is 6.86. The SMILES string of the molecule is CNCC(C=C(C)N)=NCCO[Si](C)(C)C(C)(C)C. The molecular weight excluding hydrogens is 254 g/mol. The summed E-state index contributed by atoms with van der Waals surface area (Å²) in [6.07, 6.45) is 1.91. The molecule has 0 heterocycles. The van der Waals surface area contributed by atoms with Gasteiger partial charge >= 0.3 is 0 Å². The highest BCUT2D eigenvalue weighted by atomic mass is 28.4. The van der Waals surface area contributed by atoms with E-state index in [9.17, 15) is 0 Å². The molecule has 0 radical (unpaired) electrons. The van der Waals surface area contributed by atoms with Gasteiger partial charge in [0.15, 0.2) is 8.32 Å². The van der Waals surface area contributed by atoms with Crippen LogP contribution in [0.4, 0.5) is 0 Å². The molecule has 112 valence electrons. The van der Waals surface area contributed by atoms with Crippen molar-refractivity contribution in [3.63, 3.8) is 0 Å². The maximum absolute atomic E-state index is 6.09. The minimum atomic E-state index is -1.65. The Morgan fingerprint density at radius 2 is 1.95 bits per heavy atom. The van der Waals surface area contributed by atoms with Crippen LogP contribution in [0.15, 0.2) is 16.8 Å². The van der Waals surface area contributed by atoms with Crippen molar-refractivity contribution in [1.82, 2.24) is 5.32 Å². The van der Waals surface area contributed by atoms with Crippen molar-refractivity contribution in [2.45, 2.75) is 45.8 Å². The van der Waals surface area contributed by atoms with Crippen molar-refractivity contribution >= 4 is 14.0 Å². The van der Waals surface area contributed by atoms with Crippen LogP contribution in [0.3, 0.4) is 0 Å². The lowest BCUT2D eigenvalue weighted by Gasteiger charge is -2.35. The van der Waals surface area contributed by atoms with Crippen molar-refractivity contribution in [2.24, 2.45) is 10.7 Å². The molecule has 0 aliphatic carbocycles. The monoisotopic (exact) mass is 285 g/mol. The Kier molecular flexibility index (Phi) is 7.55. The molecule has 5 heteroatoms. The fraction of sp³-hybridized carbons (Fsp3) is 0.786. The number of allylic oxidation sites excluding steroid dienone is 1. The van der Waals surface area contributed by atoms with Crippen molar-refractivity contribution in [3.05, 3.63) is 11.8 Å². The van der Waals surface area contributed by atoms with E-state index in [1.54, 1.807) is 0 Å². The van der Waals surface area contributed by atoms with Crippen LogP contribution in [0.2, 0.25) is 18.1 Å². The molecule has 0 aliphatic heterocycles. The van der Waals surface area contributed by atoms with Crippen molar-refractivity contribution in [2.75, 3.05) is 26.7 Å². The first kappa shape index (κ1) is 18.3. The van der Waals surface area contributed by atoms with Gasteiger partial charge in [0.05, 0.1) is 18.9 Å². The molecule has 0 aliphatic rings. The molecular formula is C14H31N3OSi. The maximum Gasteiger partial charge on any atom is 0.192 e. The number of hydrogen-bond acceptors (Lipinski definition) is 4. The second-order valence-corrected chi connectivity index (χ2v) is 11.2. The van der Waals surface area contributed by atoms with Gasteiger partial charge in [-0.3, -0.25) is 4.99 Å². The van der Waals surface area contributed by atoms with Crippen LogP contribution in [0.1, 0.15) is 27.7 Å². The van der Waals surface area contributed by atoms with Gasteiger partial charge in [-0.1, -0.05) is 20.8 Å². The minimum absolute atomic E-state index is 0.248. The molecule has 0 aromatic rings. The molecule has 0 aromatic heterocycles. The topological polar surface area (TPSA) is 59.6 Å². The summed E-state index contributed by atoms with van der Waals surface area (Å²) < 4.78 is 6.09. The Morgan fingerprint density at radius 1 is 1.37 bits per heavy atom. The van der Waals surface area contributed by atoms with Crippen LogP contribution < -0.4 is 11.1 Å². The molecule has 0 aromatic carbocycles. The standard InChI is InChI=1S/C14H31N3OSi/c1-12(15)10-13(11-16-5)17-8-9-18-19(6,7)14(2,3)4/h10,16H,8-9,11,15H2,1-7H3. The van der Waals surface area contributed by atoms with Crippen LogP contribution in [0.25, 0.3) is 0 Å². The fourth-order valence-electron chi connectivity index (χ4n) is 1.30. The van der Waals surface area contributed by atoms with Crippen molar-refractivity contribution in [1.29, 1.82) is 0 Å². The molecule has 0 saturated carbocycles. The van der Waals surface area contributed by atoms with Gasteiger partial charge in [0.2, 0.25) is 0 Å². The summed E-state index contributed by atoms with van der Waals surface area (Å²) in [5.41, 5.74) is 7.43. The maximum atomic E-state index is 6.09. The van der Waals surface area contributed by atoms with Gasteiger partial charge in [-0.2, -0.15) is 0 Å². The Balaban J connectivity index is 4.37. The lowest BCUT2D eigenvalue weighted by atomic mass is 10.2. The van der Waals surface area contributed by atoms with E-state index in [0.717, 1.165) is 18.0 Å². The highest BCUT2D eigenvalue weighted by Gasteiger charge is 2.36. The van der Waals surface area contributed by atoms with Crippen LogP contribution in [-0.2, 0) is 4.43 Å². The summed E-state index contributed by atoms with van der Waals surface area (Å²) in [6.45, 7) is 15.2. The molecule has 0 unspecified atom stereocenters. The second-order valence-electron chi connectivity index (χ2n) is 6.40. The van der Waals surface area contributed by atoms with Crippen LogP contribution in [0.5, 0.6) is 0 Å². The summed E-state index contributed by atoms with van der Waals surface area (Å²) in [4.78, 5) is 4.53. The number of hydrogen-bond donors (Lipinski definition) is 2. The normalized spacial score (nSPS) is 14.9. The van der Waals surface area contributed by atoms with E-state index >= 15 is 0 Å². The smallest absolute Gasteiger partial charge is 0.192 e. The largest absolute Gasteiger partial charge is 0.415 e. The van der Waals surface area contributed by atoms with Gasteiger partial charge in [0.25, 0.3) is 0 Å². The first-order chi connectivity index (χ1) is 8.60. The van der Waals surface area contributed by atoms with E-state index in [-0.39, 0.29) is 5.04 Å². The second kappa shape index (κ2) is 7.82. The molecule has 0 fully saturated rings. The van der Waals surface area contributed by atoms with E-state index in [1.165, 1.54) is 0 Å². The molecule has 0 amide bonds. The average molecular weight is 286 g/mol. The fourth-order valence-corrected chi connectivity index (χ4v) is 2.34. The van der Waals surface area contributed by atoms with Gasteiger partial charge < -0.3 is 15.5 Å². The van der Waals surface area contributed by atoms with E-state index in [0.29, 0.717) is 13.2 Å². The highest BCUT2D eigenvalue weighted by molar-refractivity contribution is 6.74. The van der Waals surface area contributed by atoms with Crippen molar-refractivity contribution < 1.29 is 4.43 Å². The summed E-state index contributed by atoms with van der Waals surface area (Å²) in [6, 6.07) is 0. The molecule has 0 saturated heterocycles. The van der Waals surface area contributed by atoms with Gasteiger partial charge in [-0.05, 0) is 38.2 Å². The zero-order chi connectivity index (χ0) is 15.1. The Hall–Kier alpha value is -0.653. The van der Waals surface area contributed by atoms with E-state index in [1.807, 2.05) is 20.0 Å². The van der Waals surface area contributed by atoms with Gasteiger partial charge in [-0.15, -0.1) is 0 Å². The van der Waals surface area contributed by atoms with Gasteiger partial charge in [-0.25, -0.2) is 0 Å². The molecule has 0 bridgehead atoms. The van der Waals surface area contributed by atoms with Crippen LogP contribution in [0, 0.1) is 0 Å². The Labute approximate surface area is 119 Å². The van der Waals surface area contributed by atoms with E-state index in [4.69, 9.17) is 10.2 Å². The van der Waals surface area contributed by atoms with Gasteiger partial charge in [0.1, 0.15) is 0 Å². The third-order valence-electron chi connectivity index (χ3n) is 3.43. The molecule has 0 spiro atoms. The third-order valence-corrected chi connectivity index (χ3v) is 7.97. The lowest BCUT2D eigenvalue weighted by Crippen LogP contribution is -2.41. The Bertz CT molecular complexity index is 326. The van der Waals surface area contributed by atoms with E-state index in [2.05, 4.69) is 44.2 Å². The zero-order valence-corrected chi connectivity index (χ0v) is 14.6. The number of rotatable bonds is 7. The number of nitrogens with two attached hydrogens (primary N) is 1. The molecule has 3 N–H and O–H groups in total. The quantitative estimate of drug-likeness (QED) is 0.429. The average Bonchev–Trinajstić information content (AvgIpc) is 2.22. The predicted molar refractivity (Wildman–Crippen MR) is 87.3 cm³/mol. The van der Waals surface area contributed by atoms with E-state index < -0.39 is 8.32 Å². The minimum Gasteiger partial charge on any atom is -0.415 e. The number of nitrogens with one attached hydrogen (secondary N) is 1. The molecule has 0 rings (SSSR count). The summed E-state index contributed by atoms with van der Waals surface area (Å²) in [5, 5.41) is 3.34. The highest BCUT2D eigenvalue weighted by Crippen LogP contribution is 2.36. The number of nitrogens with zero attached hydrogens (tertiary/aromatic N) is 1. The molecule has 4 nitrogen and oxygen atoms in total. The predicted octanol–water partition coefficient (Wildman–Crippen LogP) is 2.53.